The number of esters is 1. The summed E-state index contributed by atoms with van der Waals surface area (Å²) in [6.07, 6.45) is 10.7. The molecule has 1 aromatic carbocycles. The molecule has 220 valence electrons. The molecule has 6 rings (SSSR count). The molecule has 1 aromatic rings. The second kappa shape index (κ2) is 11.4. The van der Waals surface area contributed by atoms with Crippen LogP contribution in [-0.4, -0.2) is 67.1 Å². The first kappa shape index (κ1) is 28.3. The number of fused-ring (bicyclic) bond motifs is 3. The maximum absolute atomic E-state index is 13.4. The molecule has 3 heterocycles. The van der Waals surface area contributed by atoms with Crippen molar-refractivity contribution in [2.45, 2.75) is 139 Å². The molecule has 40 heavy (non-hydrogen) atoms. The molecule has 3 aliphatic heterocycles. The Morgan fingerprint density at radius 1 is 0.925 bits per heavy atom. The number of aliphatic imine (C=N–C) groups is 1. The van der Waals surface area contributed by atoms with E-state index in [1.165, 1.54) is 20.0 Å². The van der Waals surface area contributed by atoms with Gasteiger partial charge in [0.2, 0.25) is 0 Å². The summed E-state index contributed by atoms with van der Waals surface area (Å²) in [5.74, 6) is -1.36. The monoisotopic (exact) mass is 555 g/mol. The van der Waals surface area contributed by atoms with Gasteiger partial charge in [-0.2, -0.15) is 0 Å². The van der Waals surface area contributed by atoms with Crippen LogP contribution in [0.5, 0.6) is 0 Å². The summed E-state index contributed by atoms with van der Waals surface area (Å²) in [6, 6.07) is 10.00. The number of hydrogen-bond acceptors (Lipinski definition) is 8. The maximum atomic E-state index is 13.4. The summed E-state index contributed by atoms with van der Waals surface area (Å²) in [7, 11) is 1.43. The molecule has 2 aliphatic carbocycles. The average molecular weight is 556 g/mol. The number of rotatable bonds is 7. The van der Waals surface area contributed by atoms with Gasteiger partial charge in [-0.25, -0.2) is 4.79 Å². The van der Waals surface area contributed by atoms with E-state index in [-0.39, 0.29) is 24.1 Å². The fourth-order valence-electron chi connectivity index (χ4n) is 7.50. The predicted molar refractivity (Wildman–Crippen MR) is 149 cm³/mol. The SMILES string of the molecule is COC(=O)[C@@](Cc1ccccc1)(CC(C)C)N=C[C@H]1O[C@@H]2OC3(CCCCC3)O[C@@H]2[C@H]2OC3(CCCCC3)O[C@H]21. The quantitative estimate of drug-likeness (QED) is 0.324. The summed E-state index contributed by atoms with van der Waals surface area (Å²) >= 11 is 0. The molecule has 0 amide bonds. The van der Waals surface area contributed by atoms with Crippen molar-refractivity contribution in [1.29, 1.82) is 0 Å². The minimum atomic E-state index is -1.08. The van der Waals surface area contributed by atoms with Gasteiger partial charge in [-0.05, 0) is 43.6 Å². The van der Waals surface area contributed by atoms with Crippen LogP contribution in [0.2, 0.25) is 0 Å². The third kappa shape index (κ3) is 5.50. The number of ether oxygens (including phenoxy) is 6. The van der Waals surface area contributed by atoms with Crippen molar-refractivity contribution in [2.24, 2.45) is 10.9 Å². The van der Waals surface area contributed by atoms with Crippen molar-refractivity contribution in [1.82, 2.24) is 0 Å². The molecule has 8 nitrogen and oxygen atoms in total. The van der Waals surface area contributed by atoms with Crippen molar-refractivity contribution in [3.63, 3.8) is 0 Å². The van der Waals surface area contributed by atoms with E-state index < -0.39 is 35.6 Å². The van der Waals surface area contributed by atoms with Crippen LogP contribution in [0.1, 0.15) is 90.0 Å². The van der Waals surface area contributed by atoms with Crippen molar-refractivity contribution in [2.75, 3.05) is 7.11 Å². The van der Waals surface area contributed by atoms with Crippen molar-refractivity contribution in [3.8, 4) is 0 Å². The Kier molecular flexibility index (Phi) is 8.09. The second-order valence-corrected chi connectivity index (χ2v) is 12.8. The number of hydrogen-bond donors (Lipinski definition) is 0. The van der Waals surface area contributed by atoms with Gasteiger partial charge in [-0.15, -0.1) is 0 Å². The molecule has 0 N–H and O–H groups in total. The van der Waals surface area contributed by atoms with Crippen LogP contribution in [0.3, 0.4) is 0 Å². The van der Waals surface area contributed by atoms with E-state index in [1.807, 2.05) is 30.3 Å². The van der Waals surface area contributed by atoms with Gasteiger partial charge in [0.05, 0.1) is 7.11 Å². The molecular formula is C32H45NO7. The Morgan fingerprint density at radius 2 is 1.52 bits per heavy atom. The number of nitrogens with zero attached hydrogens (tertiary/aromatic N) is 1. The molecular weight excluding hydrogens is 510 g/mol. The molecule has 2 saturated carbocycles. The van der Waals surface area contributed by atoms with Crippen LogP contribution in [0.4, 0.5) is 0 Å². The highest BCUT2D eigenvalue weighted by atomic mass is 16.9. The first-order valence-electron chi connectivity index (χ1n) is 15.4. The van der Waals surface area contributed by atoms with Crippen molar-refractivity contribution >= 4 is 12.2 Å². The summed E-state index contributed by atoms with van der Waals surface area (Å²) in [5.41, 5.74) is -0.0545. The van der Waals surface area contributed by atoms with Crippen LogP contribution < -0.4 is 0 Å². The number of benzene rings is 1. The van der Waals surface area contributed by atoms with E-state index in [1.54, 1.807) is 6.21 Å². The van der Waals surface area contributed by atoms with Crippen LogP contribution in [0.25, 0.3) is 0 Å². The first-order valence-corrected chi connectivity index (χ1v) is 15.4. The van der Waals surface area contributed by atoms with Gasteiger partial charge in [0.1, 0.15) is 24.4 Å². The molecule has 8 heteroatoms. The zero-order valence-electron chi connectivity index (χ0n) is 24.2. The Bertz CT molecular complexity index is 1050. The average Bonchev–Trinajstić information content (AvgIpc) is 3.50. The van der Waals surface area contributed by atoms with Gasteiger partial charge in [-0.1, -0.05) is 57.0 Å². The standard InChI is InChI=1S/C32H45NO7/c1-22(2)19-30(29(34)35-3,20-23-13-7-4-8-14-23)33-21-24-25-26(38-31(37-25)15-9-5-10-16-31)27-28(36-24)40-32(39-27)17-11-6-12-18-32/h4,7-8,13-14,21-22,24-28H,5-6,9-12,15-20H2,1-3H3/t24-,25+,26+,27-,28-,30+/m1/s1. The van der Waals surface area contributed by atoms with Crippen molar-refractivity contribution in [3.05, 3.63) is 35.9 Å². The fraction of sp³-hybridized carbons (Fsp3) is 0.750. The largest absolute Gasteiger partial charge is 0.467 e. The highest BCUT2D eigenvalue weighted by molar-refractivity contribution is 5.84. The molecule has 2 spiro atoms. The van der Waals surface area contributed by atoms with E-state index in [9.17, 15) is 4.79 Å². The van der Waals surface area contributed by atoms with Crippen LogP contribution in [0.15, 0.2) is 35.3 Å². The fourth-order valence-corrected chi connectivity index (χ4v) is 7.50. The number of carbonyl (C=O) groups excluding carboxylic acids is 1. The zero-order chi connectivity index (χ0) is 27.8. The minimum absolute atomic E-state index is 0.221. The van der Waals surface area contributed by atoms with Gasteiger partial charge in [0.25, 0.3) is 0 Å². The lowest BCUT2D eigenvalue weighted by Crippen LogP contribution is -2.55. The zero-order valence-corrected chi connectivity index (χ0v) is 24.2. The number of carbonyl (C=O) groups is 1. The second-order valence-electron chi connectivity index (χ2n) is 12.8. The molecule has 0 radical (unpaired) electrons. The van der Waals surface area contributed by atoms with Crippen LogP contribution in [-0.2, 0) is 39.6 Å². The summed E-state index contributed by atoms with van der Waals surface area (Å²) < 4.78 is 38.7. The predicted octanol–water partition coefficient (Wildman–Crippen LogP) is 5.50. The van der Waals surface area contributed by atoms with E-state index in [4.69, 9.17) is 33.4 Å². The van der Waals surface area contributed by atoms with Gasteiger partial charge in [0, 0.05) is 38.3 Å². The van der Waals surface area contributed by atoms with Crippen molar-refractivity contribution < 1.29 is 33.2 Å². The molecule has 0 aromatic heterocycles. The topological polar surface area (TPSA) is 84.8 Å². The Morgan fingerprint density at radius 3 is 2.15 bits per heavy atom. The highest BCUT2D eigenvalue weighted by Gasteiger charge is 2.63. The summed E-state index contributed by atoms with van der Waals surface area (Å²) in [5, 5.41) is 0. The molecule has 6 atom stereocenters. The van der Waals surface area contributed by atoms with Gasteiger partial charge in [0.15, 0.2) is 23.4 Å². The third-order valence-corrected chi connectivity index (χ3v) is 9.26. The van der Waals surface area contributed by atoms with Crippen LogP contribution in [0, 0.1) is 5.92 Å². The molecule has 0 unspecified atom stereocenters. The van der Waals surface area contributed by atoms with Gasteiger partial charge in [-0.3, -0.25) is 4.99 Å². The molecule has 5 aliphatic rings. The van der Waals surface area contributed by atoms with E-state index in [2.05, 4.69) is 13.8 Å². The minimum Gasteiger partial charge on any atom is -0.467 e. The van der Waals surface area contributed by atoms with E-state index in [0.717, 1.165) is 56.9 Å². The first-order chi connectivity index (χ1) is 19.3. The Labute approximate surface area is 238 Å². The highest BCUT2D eigenvalue weighted by Crippen LogP contribution is 2.50. The lowest BCUT2D eigenvalue weighted by atomic mass is 9.83. The lowest BCUT2D eigenvalue weighted by Gasteiger charge is -2.36. The van der Waals surface area contributed by atoms with Crippen LogP contribution >= 0.6 is 0 Å². The maximum Gasteiger partial charge on any atom is 0.334 e. The lowest BCUT2D eigenvalue weighted by molar-refractivity contribution is -0.240. The van der Waals surface area contributed by atoms with E-state index in [0.29, 0.717) is 12.8 Å². The van der Waals surface area contributed by atoms with E-state index >= 15 is 0 Å². The number of methoxy groups -OCH3 is 1. The smallest absolute Gasteiger partial charge is 0.334 e. The van der Waals surface area contributed by atoms with Gasteiger partial charge < -0.3 is 28.4 Å². The third-order valence-electron chi connectivity index (χ3n) is 9.26. The molecule has 5 fully saturated rings. The molecule has 0 bridgehead atoms. The van der Waals surface area contributed by atoms with Gasteiger partial charge >= 0.3 is 5.97 Å². The Hall–Kier alpha value is -1.84. The summed E-state index contributed by atoms with van der Waals surface area (Å²) in [4.78, 5) is 18.5. The summed E-state index contributed by atoms with van der Waals surface area (Å²) in [6.45, 7) is 4.20. The Balaban J connectivity index is 1.32. The normalized spacial score (nSPS) is 34.1. The molecule has 3 saturated heterocycles.